The molecule has 3 rings (SSSR count). The molecule has 1 aromatic heterocycles. The predicted octanol–water partition coefficient (Wildman–Crippen LogP) is 3.37. The highest BCUT2D eigenvalue weighted by atomic mass is 35.5. The molecule has 17 heavy (non-hydrogen) atoms. The molecule has 88 valence electrons. The molecule has 0 fully saturated rings. The average molecular weight is 248 g/mol. The minimum Gasteiger partial charge on any atom is -0.358 e. The normalized spacial score (nSPS) is 14.9. The van der Waals surface area contributed by atoms with E-state index in [0.29, 0.717) is 10.4 Å². The number of aromatic amines is 1. The Labute approximate surface area is 105 Å². The number of hydrogen-bond donors (Lipinski definition) is 1. The van der Waals surface area contributed by atoms with Gasteiger partial charge in [-0.05, 0) is 44.2 Å². The van der Waals surface area contributed by atoms with Gasteiger partial charge in [-0.25, -0.2) is 0 Å². The highest BCUT2D eigenvalue weighted by Gasteiger charge is 2.17. The van der Waals surface area contributed by atoms with E-state index in [0.717, 1.165) is 48.0 Å². The molecule has 0 aliphatic heterocycles. The van der Waals surface area contributed by atoms with Crippen LogP contribution in [0.1, 0.15) is 29.7 Å². The lowest BCUT2D eigenvalue weighted by Gasteiger charge is -2.17. The summed E-state index contributed by atoms with van der Waals surface area (Å²) in [4.78, 5) is 15.9. The van der Waals surface area contributed by atoms with Crippen LogP contribution in [0.25, 0.3) is 10.9 Å². The van der Waals surface area contributed by atoms with Gasteiger partial charge in [0.2, 0.25) is 0 Å². The Morgan fingerprint density at radius 3 is 2.82 bits per heavy atom. The van der Waals surface area contributed by atoms with Gasteiger partial charge in [-0.1, -0.05) is 17.7 Å². The molecular weight excluding hydrogens is 234 g/mol. The monoisotopic (exact) mass is 247 g/mol. The summed E-state index contributed by atoms with van der Waals surface area (Å²) in [6.45, 7) is 2.00. The number of aromatic nitrogens is 1. The van der Waals surface area contributed by atoms with Crippen LogP contribution in [-0.4, -0.2) is 4.98 Å². The highest BCUT2D eigenvalue weighted by molar-refractivity contribution is 6.35. The summed E-state index contributed by atoms with van der Waals surface area (Å²) >= 11 is 6.16. The summed E-state index contributed by atoms with van der Waals surface area (Å²) in [7, 11) is 0. The van der Waals surface area contributed by atoms with E-state index in [9.17, 15) is 4.79 Å². The molecular formula is C14H14ClNO. The third kappa shape index (κ3) is 1.59. The number of hydrogen-bond acceptors (Lipinski definition) is 1. The van der Waals surface area contributed by atoms with Crippen LogP contribution in [0.2, 0.25) is 5.02 Å². The Kier molecular flexibility index (Phi) is 2.48. The number of aryl methyl sites for hydroxylation is 2. The smallest absolute Gasteiger partial charge is 0.194 e. The third-order valence-corrected chi connectivity index (χ3v) is 3.92. The second kappa shape index (κ2) is 3.88. The molecule has 2 aromatic rings. The Hall–Kier alpha value is -1.28. The molecule has 0 atom stereocenters. The number of halogens is 1. The Balaban J connectivity index is 2.48. The van der Waals surface area contributed by atoms with E-state index < -0.39 is 0 Å². The first kappa shape index (κ1) is 10.8. The van der Waals surface area contributed by atoms with Gasteiger partial charge in [0.25, 0.3) is 0 Å². The van der Waals surface area contributed by atoms with Gasteiger partial charge >= 0.3 is 0 Å². The predicted molar refractivity (Wildman–Crippen MR) is 71.0 cm³/mol. The summed E-state index contributed by atoms with van der Waals surface area (Å²) in [6, 6.07) is 3.76. The van der Waals surface area contributed by atoms with Crippen LogP contribution in [-0.2, 0) is 12.8 Å². The van der Waals surface area contributed by atoms with Gasteiger partial charge in [-0.15, -0.1) is 0 Å². The van der Waals surface area contributed by atoms with E-state index in [1.54, 1.807) is 0 Å². The van der Waals surface area contributed by atoms with Gasteiger partial charge in [-0.3, -0.25) is 4.79 Å². The van der Waals surface area contributed by atoms with Gasteiger partial charge in [0.15, 0.2) is 5.43 Å². The first-order valence-corrected chi connectivity index (χ1v) is 6.39. The van der Waals surface area contributed by atoms with E-state index in [1.165, 1.54) is 0 Å². The highest BCUT2D eigenvalue weighted by Crippen LogP contribution is 2.26. The number of rotatable bonds is 0. The molecule has 0 radical (unpaired) electrons. The van der Waals surface area contributed by atoms with Crippen LogP contribution >= 0.6 is 11.6 Å². The molecule has 3 heteroatoms. The van der Waals surface area contributed by atoms with Crippen LogP contribution in [0.3, 0.4) is 0 Å². The molecule has 1 heterocycles. The molecule has 0 saturated heterocycles. The SMILES string of the molecule is Cc1ccc(Cl)c2c(=O)c3c([nH]c12)CCCC3. The number of H-pyrrole nitrogens is 1. The van der Waals surface area contributed by atoms with Crippen LogP contribution < -0.4 is 5.43 Å². The van der Waals surface area contributed by atoms with E-state index in [1.807, 2.05) is 19.1 Å². The lowest BCUT2D eigenvalue weighted by Crippen LogP contribution is -2.19. The van der Waals surface area contributed by atoms with Crippen LogP contribution in [0.15, 0.2) is 16.9 Å². The fourth-order valence-electron chi connectivity index (χ4n) is 2.66. The van der Waals surface area contributed by atoms with Gasteiger partial charge in [0, 0.05) is 11.3 Å². The Morgan fingerprint density at radius 2 is 2.00 bits per heavy atom. The van der Waals surface area contributed by atoms with Crippen LogP contribution in [0.5, 0.6) is 0 Å². The minimum atomic E-state index is 0.127. The fraction of sp³-hybridized carbons (Fsp3) is 0.357. The minimum absolute atomic E-state index is 0.127. The third-order valence-electron chi connectivity index (χ3n) is 3.61. The van der Waals surface area contributed by atoms with E-state index in [4.69, 9.17) is 11.6 Å². The zero-order valence-electron chi connectivity index (χ0n) is 9.77. The largest absolute Gasteiger partial charge is 0.358 e. The maximum absolute atomic E-state index is 12.4. The lowest BCUT2D eigenvalue weighted by atomic mass is 9.93. The summed E-state index contributed by atoms with van der Waals surface area (Å²) in [5.41, 5.74) is 4.16. The standard InChI is InChI=1S/C14H14ClNO/c1-8-6-7-10(15)12-13(8)16-11-5-3-2-4-9(11)14(12)17/h6-7H,2-5H2,1H3,(H,16,17). The van der Waals surface area contributed by atoms with Crippen molar-refractivity contribution in [2.75, 3.05) is 0 Å². The second-order valence-corrected chi connectivity index (χ2v) is 5.14. The van der Waals surface area contributed by atoms with Crippen molar-refractivity contribution >= 4 is 22.5 Å². The fourth-order valence-corrected chi connectivity index (χ4v) is 2.90. The van der Waals surface area contributed by atoms with Crippen molar-refractivity contribution in [3.05, 3.63) is 44.2 Å². The summed E-state index contributed by atoms with van der Waals surface area (Å²) in [6.07, 6.45) is 4.12. The topological polar surface area (TPSA) is 32.9 Å². The zero-order chi connectivity index (χ0) is 12.0. The summed E-state index contributed by atoms with van der Waals surface area (Å²) in [5, 5.41) is 1.22. The van der Waals surface area contributed by atoms with Gasteiger partial charge < -0.3 is 4.98 Å². The van der Waals surface area contributed by atoms with E-state index in [-0.39, 0.29) is 5.43 Å². The molecule has 1 aliphatic carbocycles. The molecule has 2 nitrogen and oxygen atoms in total. The van der Waals surface area contributed by atoms with Crippen molar-refractivity contribution in [3.63, 3.8) is 0 Å². The molecule has 0 unspecified atom stereocenters. The molecule has 0 saturated carbocycles. The number of nitrogens with one attached hydrogen (secondary N) is 1. The van der Waals surface area contributed by atoms with Crippen molar-refractivity contribution in [1.82, 2.24) is 4.98 Å². The molecule has 1 aromatic carbocycles. The van der Waals surface area contributed by atoms with Crippen molar-refractivity contribution in [2.24, 2.45) is 0 Å². The number of pyridine rings is 1. The van der Waals surface area contributed by atoms with Crippen molar-refractivity contribution in [3.8, 4) is 0 Å². The van der Waals surface area contributed by atoms with Crippen LogP contribution in [0.4, 0.5) is 0 Å². The average Bonchev–Trinajstić information content (AvgIpc) is 2.34. The first-order chi connectivity index (χ1) is 8.18. The van der Waals surface area contributed by atoms with Crippen molar-refractivity contribution in [2.45, 2.75) is 32.6 Å². The Morgan fingerprint density at radius 1 is 1.24 bits per heavy atom. The second-order valence-electron chi connectivity index (χ2n) is 4.73. The zero-order valence-corrected chi connectivity index (χ0v) is 10.5. The maximum Gasteiger partial charge on any atom is 0.194 e. The Bertz CT molecular complexity index is 657. The summed E-state index contributed by atoms with van der Waals surface area (Å²) in [5.74, 6) is 0. The quantitative estimate of drug-likeness (QED) is 0.761. The van der Waals surface area contributed by atoms with E-state index in [2.05, 4.69) is 4.98 Å². The molecule has 0 bridgehead atoms. The van der Waals surface area contributed by atoms with Crippen molar-refractivity contribution in [1.29, 1.82) is 0 Å². The van der Waals surface area contributed by atoms with Gasteiger partial charge in [0.05, 0.1) is 15.9 Å². The van der Waals surface area contributed by atoms with Gasteiger partial charge in [-0.2, -0.15) is 0 Å². The van der Waals surface area contributed by atoms with Crippen molar-refractivity contribution < 1.29 is 0 Å². The van der Waals surface area contributed by atoms with Crippen LogP contribution in [0, 0.1) is 6.92 Å². The van der Waals surface area contributed by atoms with Gasteiger partial charge in [0.1, 0.15) is 0 Å². The molecule has 1 N–H and O–H groups in total. The summed E-state index contributed by atoms with van der Waals surface area (Å²) < 4.78 is 0. The number of fused-ring (bicyclic) bond motifs is 2. The van der Waals surface area contributed by atoms with E-state index >= 15 is 0 Å². The molecule has 0 spiro atoms. The maximum atomic E-state index is 12.4. The lowest BCUT2D eigenvalue weighted by molar-refractivity contribution is 0.667. The molecule has 0 amide bonds. The molecule has 1 aliphatic rings. The first-order valence-electron chi connectivity index (χ1n) is 6.01. The number of benzene rings is 1.